The molecule has 0 amide bonds. The summed E-state index contributed by atoms with van der Waals surface area (Å²) in [6.07, 6.45) is 10.3. The maximum atomic E-state index is 12.7. The van der Waals surface area contributed by atoms with Crippen LogP contribution in [0.3, 0.4) is 0 Å². The minimum absolute atomic E-state index is 0.00756. The first-order chi connectivity index (χ1) is 27.4. The second-order valence-corrected chi connectivity index (χ2v) is 15.2. The molecule has 0 spiro atoms. The predicted molar refractivity (Wildman–Crippen MR) is 213 cm³/mol. The first kappa shape index (κ1) is 43.3. The molecule has 14 heteroatoms. The number of carbonyl (C=O) groups excluding carboxylic acids is 1. The molecule has 1 aromatic heterocycles. The number of halogens is 1. The Labute approximate surface area is 338 Å². The summed E-state index contributed by atoms with van der Waals surface area (Å²) in [6.45, 7) is 7.55. The van der Waals surface area contributed by atoms with E-state index in [4.69, 9.17) is 30.5 Å². The second kappa shape index (κ2) is 19.6. The number of benzene rings is 2. The Morgan fingerprint density at radius 1 is 1.11 bits per heavy atom. The number of ether oxygens (including phenoxy) is 4. The number of nitrogens with zero attached hydrogens (tertiary/aromatic N) is 3. The van der Waals surface area contributed by atoms with Crippen LogP contribution in [0.15, 0.2) is 79.2 Å². The minimum Gasteiger partial charge on any atom is -0.488 e. The van der Waals surface area contributed by atoms with E-state index in [0.29, 0.717) is 67.3 Å². The van der Waals surface area contributed by atoms with Gasteiger partial charge >= 0.3 is 11.9 Å². The number of allylic oxidation sites excluding steroid dienone is 2. The van der Waals surface area contributed by atoms with Gasteiger partial charge in [-0.25, -0.2) is 0 Å². The van der Waals surface area contributed by atoms with Crippen molar-refractivity contribution in [3.63, 3.8) is 0 Å². The maximum absolute atomic E-state index is 12.7. The number of carboxylic acids is 1. The first-order valence-corrected chi connectivity index (χ1v) is 19.4. The molecule has 1 saturated heterocycles. The third-order valence-electron chi connectivity index (χ3n) is 10.8. The summed E-state index contributed by atoms with van der Waals surface area (Å²) in [5, 5.41) is 41.6. The van der Waals surface area contributed by atoms with E-state index in [1.54, 1.807) is 31.3 Å². The number of hydrogen-bond acceptors (Lipinski definition) is 12. The van der Waals surface area contributed by atoms with Crippen molar-refractivity contribution in [2.45, 2.75) is 58.4 Å². The van der Waals surface area contributed by atoms with E-state index in [0.717, 1.165) is 11.1 Å². The van der Waals surface area contributed by atoms with Crippen molar-refractivity contribution in [3.8, 4) is 17.6 Å². The number of nitriles is 1. The number of likely N-dealkylation sites (tertiary alicyclic amines) is 1. The van der Waals surface area contributed by atoms with Gasteiger partial charge in [-0.2, -0.15) is 5.26 Å². The smallest absolute Gasteiger partial charge is 0.323 e. The van der Waals surface area contributed by atoms with Gasteiger partial charge in [-0.15, -0.1) is 0 Å². The molecular weight excluding hydrogens is 752 g/mol. The fourth-order valence-corrected chi connectivity index (χ4v) is 7.49. The normalized spacial score (nSPS) is 20.7. The molecule has 0 radical (unpaired) electrons. The lowest BCUT2D eigenvalue weighted by Gasteiger charge is -2.47. The SMILES string of the molecule is CCOC(=O)C1(CO)CCN(CCCOC2(COc3cc(OCc4cncc(C#N)c4)c(CNC(CO)C(=O)O)cc3Cl)C=CC=C(c3ccccc3)C2(C)C)C1. The van der Waals surface area contributed by atoms with Gasteiger partial charge in [0.2, 0.25) is 0 Å². The lowest BCUT2D eigenvalue weighted by atomic mass is 9.65. The van der Waals surface area contributed by atoms with Gasteiger partial charge < -0.3 is 39.2 Å². The standard InChI is InChI=1S/C43H51ClN4O9/c1-4-54-40(53)42(28-50)14-16-48(27-42)15-9-17-57-43(13-8-12-34(41(43,2)3)32-10-6-5-7-11-32)29-56-38-20-37(55-26-31-18-30(21-45)22-46-23-31)33(19-35(38)44)24-47-36(25-49)39(51)52/h5-8,10-13,18-20,22-23,36,47,49-50H,4,9,14-17,24-29H2,1-3H3,(H,51,52). The van der Waals surface area contributed by atoms with Crippen LogP contribution in [0.5, 0.6) is 11.5 Å². The van der Waals surface area contributed by atoms with Crippen LogP contribution in [0, 0.1) is 22.2 Å². The Balaban J connectivity index is 1.39. The summed E-state index contributed by atoms with van der Waals surface area (Å²) in [4.78, 5) is 30.6. The topological polar surface area (TPSA) is 184 Å². The Morgan fingerprint density at radius 2 is 1.89 bits per heavy atom. The largest absolute Gasteiger partial charge is 0.488 e. The summed E-state index contributed by atoms with van der Waals surface area (Å²) in [7, 11) is 0. The molecule has 57 heavy (non-hydrogen) atoms. The summed E-state index contributed by atoms with van der Waals surface area (Å²) >= 11 is 6.86. The van der Waals surface area contributed by atoms with Crippen molar-refractivity contribution in [2.24, 2.45) is 10.8 Å². The van der Waals surface area contributed by atoms with E-state index < -0.39 is 35.0 Å². The molecule has 2 aliphatic rings. The first-order valence-electron chi connectivity index (χ1n) is 19.0. The van der Waals surface area contributed by atoms with Crippen LogP contribution in [-0.4, -0.2) is 101 Å². The van der Waals surface area contributed by atoms with Gasteiger partial charge in [0.05, 0.1) is 30.4 Å². The lowest BCUT2D eigenvalue weighted by molar-refractivity contribution is -0.157. The van der Waals surface area contributed by atoms with E-state index in [1.165, 1.54) is 6.20 Å². The van der Waals surface area contributed by atoms with Gasteiger partial charge in [0, 0.05) is 61.2 Å². The number of hydrogen-bond donors (Lipinski definition) is 4. The number of esters is 1. The molecule has 3 unspecified atom stereocenters. The quantitative estimate of drug-likeness (QED) is 0.0868. The molecule has 1 aliphatic heterocycles. The third kappa shape index (κ3) is 10.2. The number of aromatic nitrogens is 1. The number of aliphatic hydroxyl groups excluding tert-OH is 2. The molecule has 3 atom stereocenters. The van der Waals surface area contributed by atoms with Gasteiger partial charge in [-0.1, -0.05) is 67.9 Å². The Hall–Kier alpha value is -4.81. The van der Waals surface area contributed by atoms with Crippen LogP contribution in [0.1, 0.15) is 55.9 Å². The van der Waals surface area contributed by atoms with E-state index in [-0.39, 0.29) is 44.0 Å². The number of pyridine rings is 1. The molecule has 4 N–H and O–H groups in total. The molecule has 1 fully saturated rings. The van der Waals surface area contributed by atoms with Crippen LogP contribution in [0.2, 0.25) is 5.02 Å². The van der Waals surface area contributed by atoms with E-state index in [1.807, 2.05) is 30.4 Å². The highest BCUT2D eigenvalue weighted by atomic mass is 35.5. The van der Waals surface area contributed by atoms with Crippen molar-refractivity contribution < 1.29 is 43.9 Å². The zero-order valence-corrected chi connectivity index (χ0v) is 33.3. The summed E-state index contributed by atoms with van der Waals surface area (Å²) in [6, 6.07) is 15.9. The molecule has 5 rings (SSSR count). The lowest BCUT2D eigenvalue weighted by Crippen LogP contribution is -2.52. The van der Waals surface area contributed by atoms with E-state index >= 15 is 0 Å². The average molecular weight is 803 g/mol. The Bertz CT molecular complexity index is 1970. The molecule has 1 aliphatic carbocycles. The van der Waals surface area contributed by atoms with Crippen molar-refractivity contribution in [1.82, 2.24) is 15.2 Å². The van der Waals surface area contributed by atoms with Gasteiger partial charge in [0.1, 0.15) is 47.8 Å². The summed E-state index contributed by atoms with van der Waals surface area (Å²) in [5.41, 5.74) is 1.11. The monoisotopic (exact) mass is 802 g/mol. The second-order valence-electron chi connectivity index (χ2n) is 14.8. The molecule has 13 nitrogen and oxygen atoms in total. The van der Waals surface area contributed by atoms with E-state index in [9.17, 15) is 30.2 Å². The average Bonchev–Trinajstić information content (AvgIpc) is 3.64. The van der Waals surface area contributed by atoms with Crippen molar-refractivity contribution in [3.05, 3.63) is 106 Å². The minimum atomic E-state index is -1.21. The molecule has 304 valence electrons. The molecule has 2 heterocycles. The van der Waals surface area contributed by atoms with Gasteiger partial charge in [0.15, 0.2) is 0 Å². The molecule has 0 bridgehead atoms. The number of aliphatic carboxylic acids is 1. The van der Waals surface area contributed by atoms with Crippen LogP contribution in [0.4, 0.5) is 0 Å². The van der Waals surface area contributed by atoms with E-state index in [2.05, 4.69) is 53.3 Å². The van der Waals surface area contributed by atoms with Gasteiger partial charge in [0.25, 0.3) is 0 Å². The molecule has 3 aromatic rings. The van der Waals surface area contributed by atoms with Crippen molar-refractivity contribution >= 4 is 29.1 Å². The zero-order valence-electron chi connectivity index (χ0n) is 32.6. The number of rotatable bonds is 20. The van der Waals surface area contributed by atoms with Gasteiger partial charge in [-0.3, -0.25) is 19.9 Å². The molecular formula is C43H51ClN4O9. The summed E-state index contributed by atoms with van der Waals surface area (Å²) in [5.74, 6) is -0.932. The Morgan fingerprint density at radius 3 is 2.60 bits per heavy atom. The predicted octanol–water partition coefficient (Wildman–Crippen LogP) is 5.17. The molecule has 0 saturated carbocycles. The van der Waals surface area contributed by atoms with Crippen LogP contribution in [-0.2, 0) is 32.2 Å². The highest BCUT2D eigenvalue weighted by Gasteiger charge is 2.50. The van der Waals surface area contributed by atoms with Crippen LogP contribution in [0.25, 0.3) is 5.57 Å². The number of nitrogens with one attached hydrogen (secondary N) is 1. The van der Waals surface area contributed by atoms with Gasteiger partial charge in [-0.05, 0) is 55.7 Å². The fourth-order valence-electron chi connectivity index (χ4n) is 7.25. The highest BCUT2D eigenvalue weighted by molar-refractivity contribution is 6.32. The van der Waals surface area contributed by atoms with Crippen molar-refractivity contribution in [1.29, 1.82) is 5.26 Å². The highest BCUT2D eigenvalue weighted by Crippen LogP contribution is 2.49. The summed E-state index contributed by atoms with van der Waals surface area (Å²) < 4.78 is 25.0. The molecule has 2 aromatic carbocycles. The fraction of sp³-hybridized carbons (Fsp3) is 0.442. The zero-order chi connectivity index (χ0) is 41.1. The number of carboxylic acid groups (broad SMARTS) is 1. The number of aliphatic hydroxyl groups is 2. The Kier molecular flexibility index (Phi) is 14.9. The maximum Gasteiger partial charge on any atom is 0.323 e. The van der Waals surface area contributed by atoms with Crippen LogP contribution < -0.4 is 14.8 Å². The van der Waals surface area contributed by atoms with Crippen molar-refractivity contribution in [2.75, 3.05) is 52.7 Å². The third-order valence-corrected chi connectivity index (χ3v) is 11.1. The number of carbonyl (C=O) groups is 2. The van der Waals surface area contributed by atoms with Crippen LogP contribution >= 0.6 is 11.6 Å².